The van der Waals surface area contributed by atoms with Crippen molar-refractivity contribution in [1.29, 1.82) is 0 Å². The Labute approximate surface area is 86.7 Å². The van der Waals surface area contributed by atoms with Crippen LogP contribution in [0, 0.1) is 5.41 Å². The molecule has 3 heteroatoms. The van der Waals surface area contributed by atoms with Gasteiger partial charge in [0.05, 0.1) is 4.34 Å². The van der Waals surface area contributed by atoms with Crippen molar-refractivity contribution in [1.82, 2.24) is 0 Å². The zero-order chi connectivity index (χ0) is 9.31. The van der Waals surface area contributed by atoms with Gasteiger partial charge >= 0.3 is 0 Å². The van der Waals surface area contributed by atoms with Crippen LogP contribution >= 0.6 is 22.9 Å². The van der Waals surface area contributed by atoms with E-state index in [1.807, 2.05) is 12.1 Å². The van der Waals surface area contributed by atoms with Gasteiger partial charge < -0.3 is 4.79 Å². The molecule has 70 valence electrons. The number of hydrogen-bond acceptors (Lipinski definition) is 2. The fourth-order valence-corrected chi connectivity index (χ4v) is 3.00. The predicted octanol–water partition coefficient (Wildman–Crippen LogP) is 3.31. The van der Waals surface area contributed by atoms with Crippen molar-refractivity contribution in [2.45, 2.75) is 25.7 Å². The molecule has 1 heterocycles. The Hall–Kier alpha value is -0.340. The van der Waals surface area contributed by atoms with Gasteiger partial charge in [0.15, 0.2) is 0 Å². The molecule has 1 aromatic heterocycles. The minimum absolute atomic E-state index is 0.0474. The van der Waals surface area contributed by atoms with Crippen molar-refractivity contribution in [3.05, 3.63) is 21.3 Å². The topological polar surface area (TPSA) is 17.1 Å². The lowest BCUT2D eigenvalue weighted by atomic mass is 9.67. The molecule has 0 unspecified atom stereocenters. The monoisotopic (exact) mass is 214 g/mol. The number of carbonyl (C=O) groups excluding carboxylic acids is 1. The zero-order valence-electron chi connectivity index (χ0n) is 7.25. The van der Waals surface area contributed by atoms with Gasteiger partial charge in [0.25, 0.3) is 0 Å². The van der Waals surface area contributed by atoms with Gasteiger partial charge in [-0.15, -0.1) is 11.3 Å². The van der Waals surface area contributed by atoms with Crippen LogP contribution in [0.3, 0.4) is 0 Å². The molecule has 1 saturated carbocycles. The molecule has 1 aromatic rings. The summed E-state index contributed by atoms with van der Waals surface area (Å²) < 4.78 is 0.815. The summed E-state index contributed by atoms with van der Waals surface area (Å²) in [6, 6.07) is 3.93. The Morgan fingerprint density at radius 2 is 2.31 bits per heavy atom. The number of rotatable bonds is 3. The van der Waals surface area contributed by atoms with E-state index in [9.17, 15) is 4.79 Å². The van der Waals surface area contributed by atoms with Crippen molar-refractivity contribution >= 4 is 29.2 Å². The second-order valence-electron chi connectivity index (χ2n) is 3.72. The van der Waals surface area contributed by atoms with Gasteiger partial charge in [-0.2, -0.15) is 0 Å². The summed E-state index contributed by atoms with van der Waals surface area (Å²) in [5.74, 6) is 0. The van der Waals surface area contributed by atoms with Gasteiger partial charge in [0.2, 0.25) is 0 Å². The molecule has 0 spiro atoms. The van der Waals surface area contributed by atoms with E-state index in [-0.39, 0.29) is 5.41 Å². The minimum Gasteiger partial charge on any atom is -0.303 e. The molecule has 1 aliphatic rings. The van der Waals surface area contributed by atoms with E-state index in [1.54, 1.807) is 11.3 Å². The lowest BCUT2D eigenvalue weighted by Crippen LogP contribution is -2.32. The molecule has 1 aliphatic carbocycles. The van der Waals surface area contributed by atoms with Crippen molar-refractivity contribution in [3.8, 4) is 0 Å². The van der Waals surface area contributed by atoms with Crippen molar-refractivity contribution in [2.24, 2.45) is 5.41 Å². The maximum Gasteiger partial charge on any atom is 0.126 e. The van der Waals surface area contributed by atoms with Gasteiger partial charge in [-0.3, -0.25) is 0 Å². The number of carbonyl (C=O) groups is 1. The van der Waals surface area contributed by atoms with Crippen molar-refractivity contribution < 1.29 is 4.79 Å². The maximum absolute atomic E-state index is 10.9. The van der Waals surface area contributed by atoms with E-state index >= 15 is 0 Å². The SMILES string of the molecule is O=CC1(Cc2ccc(Cl)s2)CCC1. The first-order valence-corrected chi connectivity index (χ1v) is 5.64. The summed E-state index contributed by atoms with van der Waals surface area (Å²) in [6.07, 6.45) is 5.30. The molecule has 0 saturated heterocycles. The number of thiophene rings is 1. The first kappa shape index (κ1) is 9.22. The highest BCUT2D eigenvalue weighted by atomic mass is 35.5. The average molecular weight is 215 g/mol. The molecule has 0 atom stereocenters. The van der Waals surface area contributed by atoms with E-state index in [1.165, 1.54) is 11.3 Å². The summed E-state index contributed by atoms with van der Waals surface area (Å²) in [5, 5.41) is 0. The second kappa shape index (κ2) is 3.43. The molecule has 2 rings (SSSR count). The van der Waals surface area contributed by atoms with Crippen molar-refractivity contribution in [3.63, 3.8) is 0 Å². The lowest BCUT2D eigenvalue weighted by molar-refractivity contribution is -0.120. The van der Waals surface area contributed by atoms with Crippen LogP contribution in [-0.4, -0.2) is 6.29 Å². The van der Waals surface area contributed by atoms with Gasteiger partial charge in [-0.05, 0) is 31.4 Å². The van der Waals surface area contributed by atoms with Gasteiger partial charge in [-0.25, -0.2) is 0 Å². The molecule has 0 bridgehead atoms. The van der Waals surface area contributed by atoms with Crippen LogP contribution in [0.2, 0.25) is 4.34 Å². The fourth-order valence-electron chi connectivity index (χ4n) is 1.76. The van der Waals surface area contributed by atoms with Crippen LogP contribution in [0.15, 0.2) is 12.1 Å². The van der Waals surface area contributed by atoms with E-state index in [0.717, 1.165) is 29.9 Å². The number of halogens is 1. The predicted molar refractivity (Wildman–Crippen MR) is 55.4 cm³/mol. The van der Waals surface area contributed by atoms with Gasteiger partial charge in [-0.1, -0.05) is 18.0 Å². The fraction of sp³-hybridized carbons (Fsp3) is 0.500. The molecular formula is C10H11ClOS. The van der Waals surface area contributed by atoms with Crippen LogP contribution in [0.5, 0.6) is 0 Å². The first-order valence-electron chi connectivity index (χ1n) is 4.45. The Morgan fingerprint density at radius 1 is 1.54 bits per heavy atom. The summed E-state index contributed by atoms with van der Waals surface area (Å²) in [6.45, 7) is 0. The molecule has 13 heavy (non-hydrogen) atoms. The third-order valence-corrected chi connectivity index (χ3v) is 3.99. The smallest absolute Gasteiger partial charge is 0.126 e. The van der Waals surface area contributed by atoms with Gasteiger partial charge in [0, 0.05) is 10.3 Å². The Morgan fingerprint density at radius 3 is 2.69 bits per heavy atom. The highest BCUT2D eigenvalue weighted by Gasteiger charge is 2.36. The second-order valence-corrected chi connectivity index (χ2v) is 5.52. The maximum atomic E-state index is 10.9. The molecule has 0 aliphatic heterocycles. The first-order chi connectivity index (χ1) is 6.24. The molecule has 1 nitrogen and oxygen atoms in total. The minimum atomic E-state index is -0.0474. The third kappa shape index (κ3) is 1.79. The Bertz CT molecular complexity index is 314. The standard InChI is InChI=1S/C10H11ClOS/c11-9-3-2-8(13-9)6-10(7-12)4-1-5-10/h2-3,7H,1,4-6H2. The highest BCUT2D eigenvalue weighted by Crippen LogP contribution is 2.43. The molecule has 0 aromatic carbocycles. The zero-order valence-corrected chi connectivity index (χ0v) is 8.83. The van der Waals surface area contributed by atoms with E-state index in [4.69, 9.17) is 11.6 Å². The lowest BCUT2D eigenvalue weighted by Gasteiger charge is -2.36. The quantitative estimate of drug-likeness (QED) is 0.706. The van der Waals surface area contributed by atoms with Crippen LogP contribution in [0.4, 0.5) is 0 Å². The normalized spacial score (nSPS) is 19.5. The summed E-state index contributed by atoms with van der Waals surface area (Å²) >= 11 is 7.41. The molecule has 0 radical (unpaired) electrons. The van der Waals surface area contributed by atoms with Crippen LogP contribution in [0.25, 0.3) is 0 Å². The van der Waals surface area contributed by atoms with Crippen LogP contribution in [-0.2, 0) is 11.2 Å². The molecule has 0 N–H and O–H groups in total. The Kier molecular flexibility index (Phi) is 2.43. The van der Waals surface area contributed by atoms with E-state index in [2.05, 4.69) is 0 Å². The van der Waals surface area contributed by atoms with E-state index < -0.39 is 0 Å². The Balaban J connectivity index is 2.08. The number of hydrogen-bond donors (Lipinski definition) is 0. The summed E-state index contributed by atoms with van der Waals surface area (Å²) in [7, 11) is 0. The highest BCUT2D eigenvalue weighted by molar-refractivity contribution is 7.16. The van der Waals surface area contributed by atoms with Crippen molar-refractivity contribution in [2.75, 3.05) is 0 Å². The third-order valence-electron chi connectivity index (χ3n) is 2.75. The molecular weight excluding hydrogens is 204 g/mol. The van der Waals surface area contributed by atoms with Gasteiger partial charge in [0.1, 0.15) is 6.29 Å². The number of aldehydes is 1. The van der Waals surface area contributed by atoms with Crippen LogP contribution < -0.4 is 0 Å². The average Bonchev–Trinajstić information content (AvgIpc) is 2.44. The molecule has 0 amide bonds. The van der Waals surface area contributed by atoms with Crippen LogP contribution in [0.1, 0.15) is 24.1 Å². The largest absolute Gasteiger partial charge is 0.303 e. The summed E-state index contributed by atoms with van der Waals surface area (Å²) in [4.78, 5) is 12.1. The molecule has 1 fully saturated rings. The summed E-state index contributed by atoms with van der Waals surface area (Å²) in [5.41, 5.74) is -0.0474. The van der Waals surface area contributed by atoms with E-state index in [0.29, 0.717) is 0 Å².